The maximum absolute atomic E-state index is 3.67. The summed E-state index contributed by atoms with van der Waals surface area (Å²) in [5.41, 5.74) is 0.686. The zero-order valence-corrected chi connectivity index (χ0v) is 12.2. The number of hydrogen-bond donors (Lipinski definition) is 1. The van der Waals surface area contributed by atoms with Crippen molar-refractivity contribution in [2.45, 2.75) is 51.5 Å². The first kappa shape index (κ1) is 12.3. The third-order valence-electron chi connectivity index (χ3n) is 5.66. The quantitative estimate of drug-likeness (QED) is 0.804. The van der Waals surface area contributed by atoms with Gasteiger partial charge in [-0.25, -0.2) is 0 Å². The largest absolute Gasteiger partial charge is 0.316 e. The smallest absolute Gasteiger partial charge is 0.0211 e. The molecule has 0 saturated heterocycles. The summed E-state index contributed by atoms with van der Waals surface area (Å²) < 4.78 is 0. The van der Waals surface area contributed by atoms with Gasteiger partial charge in [-0.2, -0.15) is 11.8 Å². The highest BCUT2D eigenvalue weighted by atomic mass is 32.2. The van der Waals surface area contributed by atoms with Gasteiger partial charge < -0.3 is 5.32 Å². The lowest BCUT2D eigenvalue weighted by atomic mass is 9.48. The molecule has 4 rings (SSSR count). The Labute approximate surface area is 111 Å². The first-order chi connectivity index (χ1) is 8.25. The van der Waals surface area contributed by atoms with E-state index in [0.717, 1.165) is 23.8 Å². The summed E-state index contributed by atoms with van der Waals surface area (Å²) in [5.74, 6) is 5.86. The Bertz CT molecular complexity index is 241. The molecule has 2 heteroatoms. The van der Waals surface area contributed by atoms with Crippen LogP contribution < -0.4 is 5.32 Å². The Balaban J connectivity index is 1.75. The second-order valence-corrected chi connectivity index (χ2v) is 8.10. The number of nitrogens with one attached hydrogen (secondary N) is 1. The Kier molecular flexibility index (Phi) is 3.47. The van der Waals surface area contributed by atoms with Crippen LogP contribution >= 0.6 is 11.8 Å². The van der Waals surface area contributed by atoms with Crippen molar-refractivity contribution in [1.29, 1.82) is 0 Å². The van der Waals surface area contributed by atoms with Gasteiger partial charge in [-0.3, -0.25) is 0 Å². The minimum absolute atomic E-state index is 0.686. The fraction of sp³-hybridized carbons (Fsp3) is 1.00. The van der Waals surface area contributed by atoms with E-state index in [1.165, 1.54) is 30.8 Å². The van der Waals surface area contributed by atoms with E-state index in [1.54, 1.807) is 19.3 Å². The number of hydrogen-bond acceptors (Lipinski definition) is 2. The molecule has 1 unspecified atom stereocenters. The molecule has 1 N–H and O–H groups in total. The van der Waals surface area contributed by atoms with E-state index in [1.807, 2.05) is 0 Å². The lowest BCUT2D eigenvalue weighted by Crippen LogP contribution is -2.56. The van der Waals surface area contributed by atoms with Crippen molar-refractivity contribution < 1.29 is 0 Å². The number of thioether (sulfide) groups is 1. The molecular weight excluding hydrogens is 226 g/mol. The number of rotatable bonds is 5. The standard InChI is InChI=1S/C15H27NS/c1-3-17-10-14(16-2)15-7-11-4-12(8-15)6-13(5-11)9-15/h11-14,16H,3-10H2,1-2H3. The molecule has 0 aromatic rings. The lowest BCUT2D eigenvalue weighted by Gasteiger charge is -2.59. The SMILES string of the molecule is CCSCC(NC)C12CC3CC(CC(C3)C1)C2. The van der Waals surface area contributed by atoms with Crippen LogP contribution in [0.25, 0.3) is 0 Å². The molecule has 0 radical (unpaired) electrons. The molecule has 0 aromatic carbocycles. The molecular formula is C15H27NS. The van der Waals surface area contributed by atoms with E-state index in [-0.39, 0.29) is 0 Å². The topological polar surface area (TPSA) is 12.0 Å². The molecule has 0 aliphatic heterocycles. The predicted octanol–water partition coefficient (Wildman–Crippen LogP) is 3.54. The summed E-state index contributed by atoms with van der Waals surface area (Å²) in [5, 5.41) is 3.67. The van der Waals surface area contributed by atoms with Crippen molar-refractivity contribution >= 4 is 11.8 Å². The minimum atomic E-state index is 0.686. The molecule has 17 heavy (non-hydrogen) atoms. The minimum Gasteiger partial charge on any atom is -0.316 e. The first-order valence-electron chi connectivity index (χ1n) is 7.50. The fourth-order valence-electron chi connectivity index (χ4n) is 5.41. The van der Waals surface area contributed by atoms with Crippen LogP contribution in [-0.2, 0) is 0 Å². The molecule has 0 aromatic heterocycles. The van der Waals surface area contributed by atoms with E-state index in [2.05, 4.69) is 31.1 Å². The van der Waals surface area contributed by atoms with Crippen LogP contribution in [0.5, 0.6) is 0 Å². The van der Waals surface area contributed by atoms with E-state index in [4.69, 9.17) is 0 Å². The van der Waals surface area contributed by atoms with Crippen molar-refractivity contribution in [3.63, 3.8) is 0 Å². The van der Waals surface area contributed by atoms with Crippen LogP contribution in [0.15, 0.2) is 0 Å². The molecule has 4 fully saturated rings. The van der Waals surface area contributed by atoms with E-state index >= 15 is 0 Å². The van der Waals surface area contributed by atoms with Crippen LogP contribution in [0.2, 0.25) is 0 Å². The van der Waals surface area contributed by atoms with Gasteiger partial charge in [0.15, 0.2) is 0 Å². The average Bonchev–Trinajstić information content (AvgIpc) is 2.27. The van der Waals surface area contributed by atoms with Gasteiger partial charge in [-0.05, 0) is 74.5 Å². The third kappa shape index (κ3) is 2.16. The highest BCUT2D eigenvalue weighted by Gasteiger charge is 2.53. The average molecular weight is 253 g/mol. The summed E-state index contributed by atoms with van der Waals surface area (Å²) in [7, 11) is 2.19. The van der Waals surface area contributed by atoms with Gasteiger partial charge in [0.25, 0.3) is 0 Å². The highest BCUT2D eigenvalue weighted by Crippen LogP contribution is 2.61. The van der Waals surface area contributed by atoms with Gasteiger partial charge in [-0.15, -0.1) is 0 Å². The molecule has 98 valence electrons. The summed E-state index contributed by atoms with van der Waals surface area (Å²) in [6, 6.07) is 0.779. The van der Waals surface area contributed by atoms with Crippen molar-refractivity contribution in [1.82, 2.24) is 5.32 Å². The van der Waals surface area contributed by atoms with E-state index in [0.29, 0.717) is 5.41 Å². The second-order valence-electron chi connectivity index (χ2n) is 6.78. The van der Waals surface area contributed by atoms with Crippen molar-refractivity contribution in [3.8, 4) is 0 Å². The van der Waals surface area contributed by atoms with Crippen molar-refractivity contribution in [2.24, 2.45) is 23.2 Å². The van der Waals surface area contributed by atoms with Crippen LogP contribution in [0.4, 0.5) is 0 Å². The Morgan fingerprint density at radius 3 is 2.06 bits per heavy atom. The molecule has 4 saturated carbocycles. The summed E-state index contributed by atoms with van der Waals surface area (Å²) in [4.78, 5) is 0. The Morgan fingerprint density at radius 1 is 1.12 bits per heavy atom. The lowest BCUT2D eigenvalue weighted by molar-refractivity contribution is -0.0682. The molecule has 0 heterocycles. The zero-order valence-electron chi connectivity index (χ0n) is 11.4. The normalized spacial score (nSPS) is 45.2. The summed E-state index contributed by atoms with van der Waals surface area (Å²) >= 11 is 2.13. The summed E-state index contributed by atoms with van der Waals surface area (Å²) in [6.45, 7) is 2.29. The van der Waals surface area contributed by atoms with Gasteiger partial charge in [-0.1, -0.05) is 6.92 Å². The van der Waals surface area contributed by atoms with Crippen molar-refractivity contribution in [3.05, 3.63) is 0 Å². The maximum Gasteiger partial charge on any atom is 0.0211 e. The first-order valence-corrected chi connectivity index (χ1v) is 8.66. The molecule has 4 aliphatic rings. The monoisotopic (exact) mass is 253 g/mol. The van der Waals surface area contributed by atoms with Crippen LogP contribution in [-0.4, -0.2) is 24.6 Å². The fourth-order valence-corrected chi connectivity index (χ4v) is 6.40. The van der Waals surface area contributed by atoms with Gasteiger partial charge in [0, 0.05) is 11.8 Å². The highest BCUT2D eigenvalue weighted by molar-refractivity contribution is 7.99. The van der Waals surface area contributed by atoms with Gasteiger partial charge in [0.05, 0.1) is 0 Å². The van der Waals surface area contributed by atoms with Crippen LogP contribution in [0, 0.1) is 23.2 Å². The van der Waals surface area contributed by atoms with Crippen molar-refractivity contribution in [2.75, 3.05) is 18.6 Å². The maximum atomic E-state index is 3.67. The Morgan fingerprint density at radius 2 is 1.65 bits per heavy atom. The van der Waals surface area contributed by atoms with E-state index < -0.39 is 0 Å². The van der Waals surface area contributed by atoms with Gasteiger partial charge >= 0.3 is 0 Å². The zero-order chi connectivity index (χ0) is 11.9. The van der Waals surface area contributed by atoms with Gasteiger partial charge in [0.1, 0.15) is 0 Å². The van der Waals surface area contributed by atoms with Crippen LogP contribution in [0.3, 0.4) is 0 Å². The van der Waals surface area contributed by atoms with E-state index in [9.17, 15) is 0 Å². The second kappa shape index (κ2) is 4.77. The van der Waals surface area contributed by atoms with Crippen LogP contribution in [0.1, 0.15) is 45.4 Å². The molecule has 4 aliphatic carbocycles. The molecule has 0 amide bonds. The Hall–Kier alpha value is 0.310. The molecule has 1 atom stereocenters. The predicted molar refractivity (Wildman–Crippen MR) is 76.5 cm³/mol. The third-order valence-corrected chi connectivity index (χ3v) is 6.64. The molecule has 4 bridgehead atoms. The van der Waals surface area contributed by atoms with Gasteiger partial charge in [0.2, 0.25) is 0 Å². The summed E-state index contributed by atoms with van der Waals surface area (Å²) in [6.07, 6.45) is 9.31. The molecule has 0 spiro atoms. The molecule has 1 nitrogen and oxygen atoms in total.